The van der Waals surface area contributed by atoms with E-state index >= 15 is 0 Å². The monoisotopic (exact) mass is 322 g/mol. The van der Waals surface area contributed by atoms with Crippen LogP contribution in [0.15, 0.2) is 16.7 Å². The predicted molar refractivity (Wildman–Crippen MR) is 66.7 cm³/mol. The summed E-state index contributed by atoms with van der Waals surface area (Å²) in [4.78, 5) is 15.4. The number of nitrogens with zero attached hydrogens (tertiary/aromatic N) is 1. The molecule has 1 aromatic rings. The Morgan fingerprint density at radius 3 is 2.76 bits per heavy atom. The molecular weight excluding hydrogens is 312 g/mol. The van der Waals surface area contributed by atoms with E-state index in [0.717, 1.165) is 0 Å². The Morgan fingerprint density at radius 2 is 2.18 bits per heavy atom. The largest absolute Gasteiger partial charge is 0.383 e. The summed E-state index contributed by atoms with van der Waals surface area (Å²) >= 11 is 3.15. The van der Waals surface area contributed by atoms with Crippen LogP contribution in [-0.4, -0.2) is 31.6 Å². The molecule has 1 amide bonds. The molecule has 1 rings (SSSR count). The average molecular weight is 323 g/mol. The highest BCUT2D eigenvalue weighted by Gasteiger charge is 2.12. The zero-order valence-electron chi connectivity index (χ0n) is 8.68. The summed E-state index contributed by atoms with van der Waals surface area (Å²) in [6.07, 6.45) is 1.45. The Morgan fingerprint density at radius 1 is 1.53 bits per heavy atom. The number of nitrogen functional groups attached to an aromatic ring is 1. The maximum absolute atomic E-state index is 11.6. The molecule has 0 fully saturated rings. The van der Waals surface area contributed by atoms with Crippen molar-refractivity contribution in [3.63, 3.8) is 0 Å². The van der Waals surface area contributed by atoms with Gasteiger partial charge in [-0.15, -0.1) is 0 Å². The molecule has 0 atom stereocenters. The number of pyridine rings is 1. The van der Waals surface area contributed by atoms with Crippen LogP contribution in [0.25, 0.3) is 0 Å². The highest BCUT2D eigenvalue weighted by Crippen LogP contribution is 2.15. The van der Waals surface area contributed by atoms with Crippen LogP contribution >= 0.6 is 15.9 Å². The maximum Gasteiger partial charge on any atom is 0.255 e. The second-order valence-electron chi connectivity index (χ2n) is 3.21. The van der Waals surface area contributed by atoms with Crippen molar-refractivity contribution in [3.8, 4) is 0 Å². The van der Waals surface area contributed by atoms with Crippen molar-refractivity contribution < 1.29 is 13.2 Å². The van der Waals surface area contributed by atoms with Crippen LogP contribution in [0.4, 0.5) is 5.82 Å². The minimum Gasteiger partial charge on any atom is -0.383 e. The van der Waals surface area contributed by atoms with Gasteiger partial charge in [0.15, 0.2) is 0 Å². The van der Waals surface area contributed by atoms with Crippen molar-refractivity contribution in [2.75, 3.05) is 18.0 Å². The summed E-state index contributed by atoms with van der Waals surface area (Å²) in [5.74, 6) is -0.763. The number of nitrogens with two attached hydrogens (primary N) is 2. The SMILES string of the molecule is Nc1ncc(Br)cc1C(=O)NCCS(N)(=O)=O. The number of sulfonamides is 1. The Hall–Kier alpha value is -1.19. The third-order valence-corrected chi connectivity index (χ3v) is 3.01. The summed E-state index contributed by atoms with van der Waals surface area (Å²) in [5, 5.41) is 7.18. The Labute approximate surface area is 107 Å². The van der Waals surface area contributed by atoms with Crippen LogP contribution in [0.5, 0.6) is 0 Å². The maximum atomic E-state index is 11.6. The van der Waals surface area contributed by atoms with Gasteiger partial charge in [-0.05, 0) is 22.0 Å². The highest BCUT2D eigenvalue weighted by atomic mass is 79.9. The minimum atomic E-state index is -3.59. The first-order valence-electron chi connectivity index (χ1n) is 4.49. The number of hydrogen-bond donors (Lipinski definition) is 3. The van der Waals surface area contributed by atoms with Crippen molar-refractivity contribution in [1.29, 1.82) is 0 Å². The minimum absolute atomic E-state index is 0.0707. The summed E-state index contributed by atoms with van der Waals surface area (Å²) in [6, 6.07) is 1.49. The van der Waals surface area contributed by atoms with E-state index in [1.807, 2.05) is 0 Å². The molecule has 1 aromatic heterocycles. The molecule has 0 unspecified atom stereocenters. The van der Waals surface area contributed by atoms with E-state index in [9.17, 15) is 13.2 Å². The van der Waals surface area contributed by atoms with Crippen LogP contribution in [0.3, 0.4) is 0 Å². The number of aromatic nitrogens is 1. The van der Waals surface area contributed by atoms with Crippen molar-refractivity contribution in [2.24, 2.45) is 5.14 Å². The molecule has 0 saturated carbocycles. The van der Waals surface area contributed by atoms with Gasteiger partial charge in [-0.2, -0.15) is 0 Å². The van der Waals surface area contributed by atoms with Gasteiger partial charge in [0.05, 0.1) is 11.3 Å². The molecule has 0 aliphatic carbocycles. The number of amides is 1. The molecule has 1 heterocycles. The number of halogens is 1. The molecule has 0 bridgehead atoms. The van der Waals surface area contributed by atoms with Crippen LogP contribution in [0.2, 0.25) is 0 Å². The molecule has 9 heteroatoms. The molecule has 0 aromatic carbocycles. The first kappa shape index (κ1) is 13.9. The number of carbonyl (C=O) groups is 1. The lowest BCUT2D eigenvalue weighted by Crippen LogP contribution is -2.32. The van der Waals surface area contributed by atoms with E-state index in [1.165, 1.54) is 12.3 Å². The lowest BCUT2D eigenvalue weighted by atomic mass is 10.2. The molecule has 17 heavy (non-hydrogen) atoms. The van der Waals surface area contributed by atoms with Gasteiger partial charge in [-0.3, -0.25) is 4.79 Å². The van der Waals surface area contributed by atoms with Gasteiger partial charge in [0.2, 0.25) is 10.0 Å². The van der Waals surface area contributed by atoms with Crippen molar-refractivity contribution in [1.82, 2.24) is 10.3 Å². The standard InChI is InChI=1S/C8H11BrN4O3S/c9-5-3-6(7(10)13-4-5)8(14)12-1-2-17(11,15)16/h3-4H,1-2H2,(H2,10,13)(H,12,14)(H2,11,15,16). The summed E-state index contributed by atoms with van der Waals surface area (Å²) in [7, 11) is -3.59. The van der Waals surface area contributed by atoms with Crippen LogP contribution in [0, 0.1) is 0 Å². The van der Waals surface area contributed by atoms with E-state index in [-0.39, 0.29) is 23.7 Å². The molecule has 94 valence electrons. The summed E-state index contributed by atoms with van der Waals surface area (Å²) in [5.41, 5.74) is 5.69. The molecule has 0 aliphatic heterocycles. The topological polar surface area (TPSA) is 128 Å². The van der Waals surface area contributed by atoms with Gasteiger partial charge >= 0.3 is 0 Å². The van der Waals surface area contributed by atoms with Crippen LogP contribution < -0.4 is 16.2 Å². The third-order valence-electron chi connectivity index (χ3n) is 1.80. The smallest absolute Gasteiger partial charge is 0.255 e. The van der Waals surface area contributed by atoms with Crippen LogP contribution in [0.1, 0.15) is 10.4 Å². The van der Waals surface area contributed by atoms with E-state index in [1.54, 1.807) is 0 Å². The van der Waals surface area contributed by atoms with Crippen molar-refractivity contribution in [2.45, 2.75) is 0 Å². The second-order valence-corrected chi connectivity index (χ2v) is 5.86. The number of rotatable bonds is 4. The van der Waals surface area contributed by atoms with Gasteiger partial charge < -0.3 is 11.1 Å². The lowest BCUT2D eigenvalue weighted by molar-refractivity contribution is 0.0956. The molecule has 0 saturated heterocycles. The van der Waals surface area contributed by atoms with Crippen LogP contribution in [-0.2, 0) is 10.0 Å². The zero-order valence-corrected chi connectivity index (χ0v) is 11.1. The lowest BCUT2D eigenvalue weighted by Gasteiger charge is -2.06. The van der Waals surface area contributed by atoms with Gasteiger partial charge in [0.25, 0.3) is 5.91 Å². The number of hydrogen-bond acceptors (Lipinski definition) is 5. The molecule has 5 N–H and O–H groups in total. The summed E-state index contributed by atoms with van der Waals surface area (Å²) < 4.78 is 21.9. The predicted octanol–water partition coefficient (Wildman–Crippen LogP) is -0.555. The quantitative estimate of drug-likeness (QED) is 0.684. The molecule has 0 radical (unpaired) electrons. The third kappa shape index (κ3) is 4.67. The van der Waals surface area contributed by atoms with E-state index in [0.29, 0.717) is 4.47 Å². The van der Waals surface area contributed by atoms with Crippen molar-refractivity contribution in [3.05, 3.63) is 22.3 Å². The van der Waals surface area contributed by atoms with E-state index in [2.05, 4.69) is 26.2 Å². The van der Waals surface area contributed by atoms with Crippen molar-refractivity contribution >= 4 is 37.7 Å². The van der Waals surface area contributed by atoms with E-state index < -0.39 is 15.9 Å². The second kappa shape index (κ2) is 5.43. The van der Waals surface area contributed by atoms with Gasteiger partial charge in [0, 0.05) is 17.2 Å². The van der Waals surface area contributed by atoms with E-state index in [4.69, 9.17) is 10.9 Å². The fourth-order valence-electron chi connectivity index (χ4n) is 1.03. The average Bonchev–Trinajstić information content (AvgIpc) is 2.19. The highest BCUT2D eigenvalue weighted by molar-refractivity contribution is 9.10. The fourth-order valence-corrected chi connectivity index (χ4v) is 1.75. The Bertz CT molecular complexity index is 532. The number of nitrogens with one attached hydrogen (secondary N) is 1. The van der Waals surface area contributed by atoms with Gasteiger partial charge in [0.1, 0.15) is 5.82 Å². The summed E-state index contributed by atoms with van der Waals surface area (Å²) in [6.45, 7) is -0.0797. The Kier molecular flexibility index (Phi) is 4.43. The fraction of sp³-hybridized carbons (Fsp3) is 0.250. The molecular formula is C8H11BrN4O3S. The first-order chi connectivity index (χ1) is 7.79. The molecule has 7 nitrogen and oxygen atoms in total. The van der Waals surface area contributed by atoms with Gasteiger partial charge in [-0.25, -0.2) is 18.5 Å². The van der Waals surface area contributed by atoms with Gasteiger partial charge in [-0.1, -0.05) is 0 Å². The first-order valence-corrected chi connectivity index (χ1v) is 7.00. The zero-order chi connectivity index (χ0) is 13.1. The normalized spacial score (nSPS) is 11.2. The number of carbonyl (C=O) groups excluding carboxylic acids is 1. The number of anilines is 1. The Balaban J connectivity index is 2.67. The number of primary sulfonamides is 1. The molecule has 0 aliphatic rings. The molecule has 0 spiro atoms.